The summed E-state index contributed by atoms with van der Waals surface area (Å²) in [7, 11) is -3.65. The minimum atomic E-state index is -3.65. The molecule has 0 aliphatic carbocycles. The fourth-order valence-electron chi connectivity index (χ4n) is 1.88. The van der Waals surface area contributed by atoms with Crippen LogP contribution in [0.3, 0.4) is 0 Å². The Labute approximate surface area is 119 Å². The number of rotatable bonds is 4. The molecule has 106 valence electrons. The van der Waals surface area contributed by atoms with E-state index in [-0.39, 0.29) is 4.90 Å². The fourth-order valence-corrected chi connectivity index (χ4v) is 2.96. The van der Waals surface area contributed by atoms with Crippen molar-refractivity contribution in [3.05, 3.63) is 59.7 Å². The Hall–Kier alpha value is -1.85. The van der Waals surface area contributed by atoms with E-state index in [1.54, 1.807) is 55.5 Å². The first-order valence-corrected chi connectivity index (χ1v) is 7.75. The van der Waals surface area contributed by atoms with Crippen molar-refractivity contribution in [3.63, 3.8) is 0 Å². The summed E-state index contributed by atoms with van der Waals surface area (Å²) in [6.07, 6.45) is -0.744. The van der Waals surface area contributed by atoms with E-state index in [4.69, 9.17) is 0 Å². The van der Waals surface area contributed by atoms with Gasteiger partial charge in [-0.25, -0.2) is 8.42 Å². The van der Waals surface area contributed by atoms with E-state index in [0.717, 1.165) is 5.56 Å². The van der Waals surface area contributed by atoms with Crippen LogP contribution in [0.4, 0.5) is 5.69 Å². The highest BCUT2D eigenvalue weighted by Crippen LogP contribution is 2.25. The van der Waals surface area contributed by atoms with Gasteiger partial charge in [0.15, 0.2) is 0 Å². The van der Waals surface area contributed by atoms with Gasteiger partial charge in [-0.05, 0) is 32.0 Å². The normalized spacial score (nSPS) is 12.9. The topological polar surface area (TPSA) is 66.4 Å². The number of hydrogen-bond acceptors (Lipinski definition) is 3. The lowest BCUT2D eigenvalue weighted by atomic mass is 10.1. The minimum absolute atomic E-state index is 0.198. The molecule has 2 aromatic carbocycles. The summed E-state index contributed by atoms with van der Waals surface area (Å²) in [6.45, 7) is 3.49. The molecule has 2 rings (SSSR count). The van der Waals surface area contributed by atoms with Crippen molar-refractivity contribution in [2.75, 3.05) is 4.72 Å². The van der Waals surface area contributed by atoms with Crippen LogP contribution in [0.5, 0.6) is 0 Å². The van der Waals surface area contributed by atoms with Gasteiger partial charge in [0.05, 0.1) is 16.7 Å². The van der Waals surface area contributed by atoms with Gasteiger partial charge in [0, 0.05) is 5.56 Å². The molecule has 2 N–H and O–H groups in total. The second-order valence-electron chi connectivity index (χ2n) is 4.68. The van der Waals surface area contributed by atoms with Crippen molar-refractivity contribution >= 4 is 15.7 Å². The molecule has 0 saturated carbocycles. The summed E-state index contributed by atoms with van der Waals surface area (Å²) in [6, 6.07) is 13.4. The molecular formula is C15H17NO3S. The van der Waals surface area contributed by atoms with Crippen molar-refractivity contribution in [2.24, 2.45) is 0 Å². The highest BCUT2D eigenvalue weighted by atomic mass is 32.2. The zero-order valence-corrected chi connectivity index (χ0v) is 12.2. The first kappa shape index (κ1) is 14.6. The summed E-state index contributed by atoms with van der Waals surface area (Å²) in [5.74, 6) is 0. The molecule has 1 atom stereocenters. The van der Waals surface area contributed by atoms with Gasteiger partial charge in [-0.15, -0.1) is 0 Å². The Morgan fingerprint density at radius 3 is 2.25 bits per heavy atom. The molecule has 0 spiro atoms. The zero-order valence-electron chi connectivity index (χ0n) is 11.4. The summed E-state index contributed by atoms with van der Waals surface area (Å²) in [5, 5.41) is 9.67. The lowest BCUT2D eigenvalue weighted by Gasteiger charge is -2.14. The first-order chi connectivity index (χ1) is 9.40. The van der Waals surface area contributed by atoms with E-state index < -0.39 is 16.1 Å². The van der Waals surface area contributed by atoms with Gasteiger partial charge < -0.3 is 5.11 Å². The summed E-state index contributed by atoms with van der Waals surface area (Å²) in [5.41, 5.74) is 1.93. The molecule has 0 fully saturated rings. The van der Waals surface area contributed by atoms with Crippen LogP contribution < -0.4 is 4.72 Å². The highest BCUT2D eigenvalue weighted by Gasteiger charge is 2.16. The highest BCUT2D eigenvalue weighted by molar-refractivity contribution is 7.92. The largest absolute Gasteiger partial charge is 0.389 e. The van der Waals surface area contributed by atoms with Crippen molar-refractivity contribution in [1.82, 2.24) is 0 Å². The summed E-state index contributed by atoms with van der Waals surface area (Å²) in [4.78, 5) is 0.198. The number of aliphatic hydroxyl groups excluding tert-OH is 1. The van der Waals surface area contributed by atoms with Gasteiger partial charge >= 0.3 is 0 Å². The first-order valence-electron chi connectivity index (χ1n) is 6.26. The van der Waals surface area contributed by atoms with E-state index in [0.29, 0.717) is 11.3 Å². The van der Waals surface area contributed by atoms with E-state index >= 15 is 0 Å². The molecule has 0 amide bonds. The molecule has 0 aliphatic heterocycles. The molecular weight excluding hydrogens is 274 g/mol. The predicted molar refractivity (Wildman–Crippen MR) is 79.1 cm³/mol. The maximum absolute atomic E-state index is 12.3. The van der Waals surface area contributed by atoms with Crippen LogP contribution in [0.1, 0.15) is 24.2 Å². The monoisotopic (exact) mass is 291 g/mol. The van der Waals surface area contributed by atoms with Crippen molar-refractivity contribution in [1.29, 1.82) is 0 Å². The van der Waals surface area contributed by atoms with Crippen molar-refractivity contribution in [3.8, 4) is 0 Å². The summed E-state index contributed by atoms with van der Waals surface area (Å²) >= 11 is 0. The number of sulfonamides is 1. The number of aryl methyl sites for hydroxylation is 1. The van der Waals surface area contributed by atoms with Crippen LogP contribution in [-0.2, 0) is 10.0 Å². The standard InChI is InChI=1S/C15H17NO3S/c1-11-7-9-13(10-8-11)20(18,19)16-15-6-4-3-5-14(15)12(2)17/h3-10,12,16-17H,1-2H3. The second kappa shape index (κ2) is 5.64. The molecule has 5 heteroatoms. The van der Waals surface area contributed by atoms with Crippen molar-refractivity contribution < 1.29 is 13.5 Å². The molecule has 0 aromatic heterocycles. The zero-order chi connectivity index (χ0) is 14.8. The van der Waals surface area contributed by atoms with Crippen LogP contribution in [0.15, 0.2) is 53.4 Å². The number of nitrogens with one attached hydrogen (secondary N) is 1. The van der Waals surface area contributed by atoms with Crippen LogP contribution in [-0.4, -0.2) is 13.5 Å². The van der Waals surface area contributed by atoms with Crippen LogP contribution >= 0.6 is 0 Å². The number of hydrogen-bond donors (Lipinski definition) is 2. The maximum atomic E-state index is 12.3. The molecule has 4 nitrogen and oxygen atoms in total. The molecule has 0 heterocycles. The van der Waals surface area contributed by atoms with Crippen LogP contribution in [0.25, 0.3) is 0 Å². The molecule has 2 aromatic rings. The third-order valence-electron chi connectivity index (χ3n) is 2.99. The van der Waals surface area contributed by atoms with E-state index in [9.17, 15) is 13.5 Å². The Balaban J connectivity index is 2.36. The molecule has 0 aliphatic rings. The molecule has 20 heavy (non-hydrogen) atoms. The predicted octanol–water partition coefficient (Wildman–Crippen LogP) is 2.85. The lowest BCUT2D eigenvalue weighted by molar-refractivity contribution is 0.200. The van der Waals surface area contributed by atoms with Crippen LogP contribution in [0.2, 0.25) is 0 Å². The number of benzene rings is 2. The van der Waals surface area contributed by atoms with Gasteiger partial charge in [-0.1, -0.05) is 35.9 Å². The quantitative estimate of drug-likeness (QED) is 0.910. The van der Waals surface area contributed by atoms with Crippen molar-refractivity contribution in [2.45, 2.75) is 24.8 Å². The van der Waals surface area contributed by atoms with E-state index in [1.165, 1.54) is 0 Å². The average molecular weight is 291 g/mol. The number of anilines is 1. The molecule has 0 radical (unpaired) electrons. The second-order valence-corrected chi connectivity index (χ2v) is 6.36. The van der Waals surface area contributed by atoms with Gasteiger partial charge in [0.1, 0.15) is 0 Å². The van der Waals surface area contributed by atoms with Crippen LogP contribution in [0, 0.1) is 6.92 Å². The van der Waals surface area contributed by atoms with E-state index in [2.05, 4.69) is 4.72 Å². The molecule has 0 saturated heterocycles. The average Bonchev–Trinajstić information content (AvgIpc) is 2.39. The minimum Gasteiger partial charge on any atom is -0.389 e. The van der Waals surface area contributed by atoms with E-state index in [1.807, 2.05) is 6.92 Å². The molecule has 0 bridgehead atoms. The Kier molecular flexibility index (Phi) is 4.11. The third kappa shape index (κ3) is 3.18. The Morgan fingerprint density at radius 1 is 1.05 bits per heavy atom. The Morgan fingerprint density at radius 2 is 1.65 bits per heavy atom. The molecule has 1 unspecified atom stereocenters. The fraction of sp³-hybridized carbons (Fsp3) is 0.200. The number of aliphatic hydroxyl groups is 1. The lowest BCUT2D eigenvalue weighted by Crippen LogP contribution is -2.14. The SMILES string of the molecule is Cc1ccc(S(=O)(=O)Nc2ccccc2C(C)O)cc1. The smallest absolute Gasteiger partial charge is 0.261 e. The summed E-state index contributed by atoms with van der Waals surface area (Å²) < 4.78 is 27.1. The maximum Gasteiger partial charge on any atom is 0.261 e. The third-order valence-corrected chi connectivity index (χ3v) is 4.37. The Bertz CT molecular complexity index is 691. The van der Waals surface area contributed by atoms with Gasteiger partial charge in [-0.2, -0.15) is 0 Å². The van der Waals surface area contributed by atoms with Gasteiger partial charge in [0.2, 0.25) is 0 Å². The van der Waals surface area contributed by atoms with Gasteiger partial charge in [0.25, 0.3) is 10.0 Å². The number of para-hydroxylation sites is 1. The van der Waals surface area contributed by atoms with Gasteiger partial charge in [-0.3, -0.25) is 4.72 Å².